The van der Waals surface area contributed by atoms with Gasteiger partial charge in [-0.05, 0) is 64.3 Å². The van der Waals surface area contributed by atoms with E-state index in [9.17, 15) is 40.2 Å². The zero-order valence-corrected chi connectivity index (χ0v) is 32.0. The Labute approximate surface area is 330 Å². The molecular weight excluding hydrogens is 763 g/mol. The van der Waals surface area contributed by atoms with Crippen LogP contribution in [0.2, 0.25) is 10.0 Å². The first-order chi connectivity index (χ1) is 26.7. The highest BCUT2D eigenvalue weighted by atomic mass is 35.5. The third-order valence-corrected chi connectivity index (χ3v) is 11.2. The number of benzene rings is 4. The number of hydrogen-bond acceptors (Lipinski definition) is 12. The van der Waals surface area contributed by atoms with Gasteiger partial charge in [0.2, 0.25) is 0 Å². The summed E-state index contributed by atoms with van der Waals surface area (Å²) in [6.07, 6.45) is -0.339. The number of likely N-dealkylation sites (N-methyl/N-ethyl adjacent to an activating group) is 2. The lowest BCUT2D eigenvalue weighted by atomic mass is 9.85. The molecule has 2 aromatic heterocycles. The molecule has 0 radical (unpaired) electrons. The number of aliphatic hydroxyl groups excluding tert-OH is 2. The van der Waals surface area contributed by atoms with Gasteiger partial charge < -0.3 is 49.3 Å². The second kappa shape index (κ2) is 15.8. The first-order valence-electron chi connectivity index (χ1n) is 18.0. The fraction of sp³-hybridized carbons (Fsp3) is 0.286. The van der Waals surface area contributed by atoms with Crippen LogP contribution in [0.3, 0.4) is 0 Å². The second-order valence-corrected chi connectivity index (χ2v) is 15.2. The van der Waals surface area contributed by atoms with Gasteiger partial charge in [0.05, 0.1) is 22.3 Å². The molecule has 2 aliphatic rings. The van der Waals surface area contributed by atoms with Gasteiger partial charge in [-0.25, -0.2) is 0 Å². The molecule has 4 atom stereocenters. The predicted octanol–water partition coefficient (Wildman–Crippen LogP) is 6.61. The van der Waals surface area contributed by atoms with Gasteiger partial charge in [0.25, 0.3) is 0 Å². The van der Waals surface area contributed by atoms with Crippen molar-refractivity contribution in [3.63, 3.8) is 0 Å². The molecule has 0 spiro atoms. The minimum Gasteiger partial charge on any atom is -0.507 e. The Hall–Kier alpha value is -5.08. The van der Waals surface area contributed by atoms with Gasteiger partial charge in [-0.2, -0.15) is 0 Å². The van der Waals surface area contributed by atoms with Gasteiger partial charge in [0.15, 0.2) is 10.9 Å². The molecule has 8 rings (SSSR count). The molecule has 12 nitrogen and oxygen atoms in total. The predicted molar refractivity (Wildman–Crippen MR) is 214 cm³/mol. The summed E-state index contributed by atoms with van der Waals surface area (Å²) in [4.78, 5) is 29.5. The van der Waals surface area contributed by atoms with Crippen LogP contribution in [0.25, 0.3) is 44.6 Å². The van der Waals surface area contributed by atoms with Gasteiger partial charge in [-0.15, -0.1) is 0 Å². The number of phenols is 4. The van der Waals surface area contributed by atoms with Crippen LogP contribution in [0, 0.1) is 0 Å². The van der Waals surface area contributed by atoms with E-state index in [-0.39, 0.29) is 56.5 Å². The first kappa shape index (κ1) is 39.2. The number of likely N-dealkylation sites (tertiary alicyclic amines) is 2. The van der Waals surface area contributed by atoms with Gasteiger partial charge in [0, 0.05) is 71.4 Å². The number of nitrogens with zero attached hydrogens (tertiary/aromatic N) is 2. The molecule has 2 fully saturated rings. The number of rotatable bonds is 4. The maximum absolute atomic E-state index is 12.8. The lowest BCUT2D eigenvalue weighted by molar-refractivity contribution is 0.0629. The van der Waals surface area contributed by atoms with E-state index < -0.39 is 34.9 Å². The van der Waals surface area contributed by atoms with Crippen molar-refractivity contribution in [2.45, 2.75) is 36.9 Å². The average Bonchev–Trinajstić information content (AvgIpc) is 3.13. The molecule has 0 saturated carbocycles. The quantitative estimate of drug-likeness (QED) is 0.112. The Balaban J connectivity index is 0.000000172. The summed E-state index contributed by atoms with van der Waals surface area (Å²) in [5.74, 6) is -1.53. The molecular formula is C42H40Cl2N2O10. The van der Waals surface area contributed by atoms with Crippen LogP contribution in [-0.2, 0) is 0 Å². The fourth-order valence-corrected chi connectivity index (χ4v) is 8.26. The minimum absolute atomic E-state index is 0.0188. The zero-order valence-electron chi connectivity index (χ0n) is 30.4. The summed E-state index contributed by atoms with van der Waals surface area (Å²) < 4.78 is 12.0. The van der Waals surface area contributed by atoms with Crippen molar-refractivity contribution in [3.05, 3.63) is 114 Å². The summed E-state index contributed by atoms with van der Waals surface area (Å²) in [5, 5.41) is 63.6. The topological polar surface area (TPSA) is 188 Å². The largest absolute Gasteiger partial charge is 0.507 e. The molecule has 0 amide bonds. The maximum Gasteiger partial charge on any atom is 0.197 e. The van der Waals surface area contributed by atoms with E-state index in [1.807, 2.05) is 23.9 Å². The van der Waals surface area contributed by atoms with E-state index in [4.69, 9.17) is 32.0 Å². The summed E-state index contributed by atoms with van der Waals surface area (Å²) in [5.41, 5.74) is 0.984. The molecule has 0 unspecified atom stereocenters. The van der Waals surface area contributed by atoms with Gasteiger partial charge in [0.1, 0.15) is 56.5 Å². The normalized spacial score (nSPS) is 20.5. The first-order valence-corrected chi connectivity index (χ1v) is 18.8. The summed E-state index contributed by atoms with van der Waals surface area (Å²) in [7, 11) is 3.81. The van der Waals surface area contributed by atoms with E-state index >= 15 is 0 Å². The van der Waals surface area contributed by atoms with Crippen molar-refractivity contribution in [1.82, 2.24) is 9.80 Å². The van der Waals surface area contributed by atoms with Crippen molar-refractivity contribution in [2.75, 3.05) is 40.3 Å². The Bertz CT molecular complexity index is 2400. The number of β-amino-alcohol motifs (C(OH)–C–C–N with tert-alkyl or cyclic N) is 2. The molecule has 4 aromatic carbocycles. The van der Waals surface area contributed by atoms with Crippen molar-refractivity contribution in [3.8, 4) is 45.6 Å². The number of aromatic hydroxyl groups is 4. The van der Waals surface area contributed by atoms with Gasteiger partial charge in [-0.3, -0.25) is 9.59 Å². The van der Waals surface area contributed by atoms with Gasteiger partial charge >= 0.3 is 0 Å². The SMILES string of the molecule is CN1CC[C@H](c2c(O)cc(O)c3c(=O)cc(-c4ccccc4Cl)oc23)[C@H](O)C1.CN1CC[C@H](c2c(O)cc(O)c3c(=O)cc(-c4ccccc4Cl)oc23)[C@H](O)C1. The number of aliphatic hydroxyl groups is 2. The molecule has 14 heteroatoms. The van der Waals surface area contributed by atoms with E-state index in [2.05, 4.69) is 0 Å². The number of phenolic OH excluding ortho intramolecular Hbond substituents is 4. The molecule has 6 aromatic rings. The second-order valence-electron chi connectivity index (χ2n) is 14.4. The number of fused-ring (bicyclic) bond motifs is 2. The molecule has 6 N–H and O–H groups in total. The highest BCUT2D eigenvalue weighted by Gasteiger charge is 2.34. The molecule has 2 saturated heterocycles. The van der Waals surface area contributed by atoms with Crippen LogP contribution < -0.4 is 10.9 Å². The Kier molecular flexibility index (Phi) is 11.1. The molecule has 56 heavy (non-hydrogen) atoms. The Morgan fingerprint density at radius 2 is 0.964 bits per heavy atom. The van der Waals surface area contributed by atoms with E-state index in [1.54, 1.807) is 48.5 Å². The van der Waals surface area contributed by atoms with E-state index in [1.165, 1.54) is 12.1 Å². The van der Waals surface area contributed by atoms with Crippen molar-refractivity contribution in [1.29, 1.82) is 0 Å². The lowest BCUT2D eigenvalue weighted by Gasteiger charge is -2.34. The van der Waals surface area contributed by atoms with Crippen LogP contribution in [0.4, 0.5) is 0 Å². The molecule has 0 aliphatic carbocycles. The highest BCUT2D eigenvalue weighted by molar-refractivity contribution is 6.33. The standard InChI is InChI=1S/2C21H20ClNO5/c2*1-23-7-6-12(17(27)10-23)19-14(24)8-15(25)20-16(26)9-18(28-21(19)20)11-4-2-3-5-13(11)22/h2*2-5,8-9,12,17,24-25,27H,6-7,10H2,1H3/t2*12-,17+/m00/s1. The lowest BCUT2D eigenvalue weighted by Crippen LogP contribution is -2.40. The summed E-state index contributed by atoms with van der Waals surface area (Å²) in [6, 6.07) is 18.7. The number of halogens is 2. The maximum atomic E-state index is 12.8. The van der Waals surface area contributed by atoms with Crippen molar-refractivity contribution >= 4 is 45.1 Å². The van der Waals surface area contributed by atoms with Crippen LogP contribution in [0.5, 0.6) is 23.0 Å². The zero-order chi connectivity index (χ0) is 40.0. The van der Waals surface area contributed by atoms with E-state index in [0.717, 1.165) is 25.2 Å². The minimum atomic E-state index is -0.744. The smallest absolute Gasteiger partial charge is 0.197 e. The Morgan fingerprint density at radius 3 is 1.32 bits per heavy atom. The number of piperidine rings is 2. The Morgan fingerprint density at radius 1 is 0.589 bits per heavy atom. The van der Waals surface area contributed by atoms with Gasteiger partial charge in [-0.1, -0.05) is 47.5 Å². The fourth-order valence-electron chi connectivity index (χ4n) is 7.80. The third kappa shape index (κ3) is 7.43. The van der Waals surface area contributed by atoms with Crippen LogP contribution >= 0.6 is 23.2 Å². The summed E-state index contributed by atoms with van der Waals surface area (Å²) in [6.45, 7) is 2.30. The monoisotopic (exact) mass is 802 g/mol. The van der Waals surface area contributed by atoms with Crippen molar-refractivity contribution < 1.29 is 39.5 Å². The molecule has 2 aliphatic heterocycles. The highest BCUT2D eigenvalue weighted by Crippen LogP contribution is 2.44. The van der Waals surface area contributed by atoms with E-state index in [0.29, 0.717) is 58.2 Å². The third-order valence-electron chi connectivity index (χ3n) is 10.6. The van der Waals surface area contributed by atoms with Crippen LogP contribution in [0.15, 0.2) is 91.2 Å². The van der Waals surface area contributed by atoms with Crippen LogP contribution in [-0.4, -0.2) is 92.9 Å². The average molecular weight is 804 g/mol. The van der Waals surface area contributed by atoms with Crippen molar-refractivity contribution in [2.24, 2.45) is 0 Å². The molecule has 4 heterocycles. The molecule has 0 bridgehead atoms. The number of hydrogen-bond donors (Lipinski definition) is 6. The molecule has 292 valence electrons. The summed E-state index contributed by atoms with van der Waals surface area (Å²) >= 11 is 12.5. The van der Waals surface area contributed by atoms with Crippen LogP contribution in [0.1, 0.15) is 35.8 Å².